The summed E-state index contributed by atoms with van der Waals surface area (Å²) in [6, 6.07) is 1.98. The third-order valence-corrected chi connectivity index (χ3v) is 1.33. The van der Waals surface area contributed by atoms with Crippen molar-refractivity contribution in [1.29, 1.82) is 0 Å². The van der Waals surface area contributed by atoms with E-state index in [9.17, 15) is 0 Å². The zero-order chi connectivity index (χ0) is 9.84. The standard InChI is InChI=1S/C7H14N6/c1-4(2)10-5-3-6(13-9)12-7(8)11-5/h3-4H,9H2,1-2H3,(H4,8,10,11,12,13). The summed E-state index contributed by atoms with van der Waals surface area (Å²) >= 11 is 0. The molecule has 72 valence electrons. The molecule has 0 aliphatic rings. The third kappa shape index (κ3) is 2.75. The second-order valence-electron chi connectivity index (χ2n) is 2.94. The highest BCUT2D eigenvalue weighted by atomic mass is 15.3. The van der Waals surface area contributed by atoms with Gasteiger partial charge in [-0.25, -0.2) is 5.84 Å². The van der Waals surface area contributed by atoms with Crippen LogP contribution in [0, 0.1) is 0 Å². The van der Waals surface area contributed by atoms with Gasteiger partial charge in [0.1, 0.15) is 11.6 Å². The fraction of sp³-hybridized carbons (Fsp3) is 0.429. The Morgan fingerprint density at radius 3 is 2.46 bits per heavy atom. The van der Waals surface area contributed by atoms with Crippen LogP contribution >= 0.6 is 0 Å². The quantitative estimate of drug-likeness (QED) is 0.392. The van der Waals surface area contributed by atoms with Gasteiger partial charge in [0.25, 0.3) is 0 Å². The number of nitrogens with one attached hydrogen (secondary N) is 2. The average molecular weight is 182 g/mol. The normalized spacial score (nSPS) is 10.2. The first-order valence-corrected chi connectivity index (χ1v) is 3.99. The van der Waals surface area contributed by atoms with Gasteiger partial charge in [-0.3, -0.25) is 0 Å². The first-order chi connectivity index (χ1) is 6.11. The van der Waals surface area contributed by atoms with Crippen LogP contribution < -0.4 is 22.3 Å². The molecular weight excluding hydrogens is 168 g/mol. The second-order valence-corrected chi connectivity index (χ2v) is 2.94. The number of hydrogen-bond acceptors (Lipinski definition) is 6. The van der Waals surface area contributed by atoms with Crippen LogP contribution in [0.3, 0.4) is 0 Å². The summed E-state index contributed by atoms with van der Waals surface area (Å²) in [5.74, 6) is 6.55. The fourth-order valence-corrected chi connectivity index (χ4v) is 0.910. The van der Waals surface area contributed by atoms with E-state index in [2.05, 4.69) is 20.7 Å². The summed E-state index contributed by atoms with van der Waals surface area (Å²) in [5.41, 5.74) is 7.86. The Labute approximate surface area is 76.7 Å². The van der Waals surface area contributed by atoms with Gasteiger partial charge in [0.2, 0.25) is 5.95 Å². The zero-order valence-corrected chi connectivity index (χ0v) is 7.70. The Bertz CT molecular complexity index is 284. The van der Waals surface area contributed by atoms with Gasteiger partial charge in [-0.15, -0.1) is 0 Å². The predicted molar refractivity (Wildman–Crippen MR) is 53.0 cm³/mol. The van der Waals surface area contributed by atoms with Gasteiger partial charge in [0.15, 0.2) is 0 Å². The summed E-state index contributed by atoms with van der Waals surface area (Å²) in [7, 11) is 0. The lowest BCUT2D eigenvalue weighted by molar-refractivity contribution is 0.887. The number of hydrazine groups is 1. The van der Waals surface area contributed by atoms with Gasteiger partial charge in [0.05, 0.1) is 0 Å². The third-order valence-electron chi connectivity index (χ3n) is 1.33. The summed E-state index contributed by atoms with van der Waals surface area (Å²) < 4.78 is 0. The van der Waals surface area contributed by atoms with Crippen LogP contribution in [0.1, 0.15) is 13.8 Å². The molecular formula is C7H14N6. The number of nitrogens with zero attached hydrogens (tertiary/aromatic N) is 2. The van der Waals surface area contributed by atoms with E-state index in [1.807, 2.05) is 13.8 Å². The van der Waals surface area contributed by atoms with Crippen LogP contribution in [0.4, 0.5) is 17.6 Å². The maximum absolute atomic E-state index is 5.45. The van der Waals surface area contributed by atoms with E-state index in [0.717, 1.165) is 0 Å². The molecule has 6 N–H and O–H groups in total. The monoisotopic (exact) mass is 182 g/mol. The average Bonchev–Trinajstić information content (AvgIpc) is 2.01. The van der Waals surface area contributed by atoms with Crippen molar-refractivity contribution in [2.45, 2.75) is 19.9 Å². The number of nitrogen functional groups attached to an aromatic ring is 2. The van der Waals surface area contributed by atoms with Crippen LogP contribution in [0.2, 0.25) is 0 Å². The molecule has 13 heavy (non-hydrogen) atoms. The summed E-state index contributed by atoms with van der Waals surface area (Å²) in [6.45, 7) is 4.02. The van der Waals surface area contributed by atoms with Crippen molar-refractivity contribution in [1.82, 2.24) is 9.97 Å². The van der Waals surface area contributed by atoms with E-state index < -0.39 is 0 Å². The number of rotatable bonds is 3. The largest absolute Gasteiger partial charge is 0.368 e. The molecule has 0 fully saturated rings. The molecule has 0 bridgehead atoms. The van der Waals surface area contributed by atoms with Crippen LogP contribution in [0.5, 0.6) is 0 Å². The van der Waals surface area contributed by atoms with Gasteiger partial charge in [-0.2, -0.15) is 9.97 Å². The molecule has 1 rings (SSSR count). The van der Waals surface area contributed by atoms with Crippen molar-refractivity contribution in [2.24, 2.45) is 5.84 Å². The topological polar surface area (TPSA) is 102 Å². The van der Waals surface area contributed by atoms with Crippen molar-refractivity contribution in [3.63, 3.8) is 0 Å². The van der Waals surface area contributed by atoms with E-state index in [1.54, 1.807) is 6.07 Å². The maximum atomic E-state index is 5.45. The van der Waals surface area contributed by atoms with Crippen molar-refractivity contribution in [2.75, 3.05) is 16.5 Å². The zero-order valence-electron chi connectivity index (χ0n) is 7.70. The summed E-state index contributed by atoms with van der Waals surface area (Å²) in [6.07, 6.45) is 0. The lowest BCUT2D eigenvalue weighted by atomic mass is 10.4. The molecule has 0 saturated heterocycles. The van der Waals surface area contributed by atoms with E-state index in [-0.39, 0.29) is 5.95 Å². The maximum Gasteiger partial charge on any atom is 0.223 e. The highest BCUT2D eigenvalue weighted by Crippen LogP contribution is 2.11. The highest BCUT2D eigenvalue weighted by Gasteiger charge is 2.01. The Morgan fingerprint density at radius 2 is 1.92 bits per heavy atom. The minimum atomic E-state index is 0.193. The van der Waals surface area contributed by atoms with Gasteiger partial charge in [0, 0.05) is 12.1 Å². The predicted octanol–water partition coefficient (Wildman–Crippen LogP) is 0.165. The van der Waals surface area contributed by atoms with Crippen LogP contribution in [0.25, 0.3) is 0 Å². The van der Waals surface area contributed by atoms with Gasteiger partial charge in [-0.05, 0) is 13.8 Å². The second kappa shape index (κ2) is 3.90. The summed E-state index contributed by atoms with van der Waals surface area (Å²) in [5, 5.41) is 3.09. The van der Waals surface area contributed by atoms with Crippen LogP contribution in [0.15, 0.2) is 6.07 Å². The molecule has 6 nitrogen and oxygen atoms in total. The van der Waals surface area contributed by atoms with Gasteiger partial charge >= 0.3 is 0 Å². The van der Waals surface area contributed by atoms with Crippen LogP contribution in [-0.4, -0.2) is 16.0 Å². The molecule has 1 aromatic rings. The van der Waals surface area contributed by atoms with Crippen molar-refractivity contribution in [3.8, 4) is 0 Å². The van der Waals surface area contributed by atoms with Crippen molar-refractivity contribution >= 4 is 17.6 Å². The molecule has 0 unspecified atom stereocenters. The molecule has 1 aromatic heterocycles. The molecule has 0 aliphatic carbocycles. The Hall–Kier alpha value is -1.56. The number of anilines is 3. The molecule has 0 radical (unpaired) electrons. The molecule has 0 aliphatic heterocycles. The minimum Gasteiger partial charge on any atom is -0.368 e. The number of nitrogens with two attached hydrogens (primary N) is 2. The van der Waals surface area contributed by atoms with E-state index in [1.165, 1.54) is 0 Å². The molecule has 6 heteroatoms. The smallest absolute Gasteiger partial charge is 0.223 e. The molecule has 0 spiro atoms. The first kappa shape index (κ1) is 9.53. The highest BCUT2D eigenvalue weighted by molar-refractivity contribution is 5.50. The van der Waals surface area contributed by atoms with E-state index >= 15 is 0 Å². The molecule has 0 aromatic carbocycles. The molecule has 0 saturated carbocycles. The fourth-order valence-electron chi connectivity index (χ4n) is 0.910. The van der Waals surface area contributed by atoms with Crippen LogP contribution in [-0.2, 0) is 0 Å². The van der Waals surface area contributed by atoms with Gasteiger partial charge < -0.3 is 16.5 Å². The molecule has 0 amide bonds. The van der Waals surface area contributed by atoms with E-state index in [0.29, 0.717) is 17.7 Å². The van der Waals surface area contributed by atoms with Crippen molar-refractivity contribution in [3.05, 3.63) is 6.07 Å². The Kier molecular flexibility index (Phi) is 2.86. The SMILES string of the molecule is CC(C)Nc1cc(NN)nc(N)n1. The Balaban J connectivity index is 2.88. The first-order valence-electron chi connectivity index (χ1n) is 3.99. The lowest BCUT2D eigenvalue weighted by Gasteiger charge is -2.10. The minimum absolute atomic E-state index is 0.193. The number of aromatic nitrogens is 2. The number of hydrogen-bond donors (Lipinski definition) is 4. The van der Waals surface area contributed by atoms with Gasteiger partial charge in [-0.1, -0.05) is 0 Å². The van der Waals surface area contributed by atoms with Crippen molar-refractivity contribution < 1.29 is 0 Å². The molecule has 0 atom stereocenters. The summed E-state index contributed by atoms with van der Waals surface area (Å²) in [4.78, 5) is 7.83. The Morgan fingerprint density at radius 1 is 1.31 bits per heavy atom. The molecule has 1 heterocycles. The van der Waals surface area contributed by atoms with E-state index in [4.69, 9.17) is 11.6 Å². The lowest BCUT2D eigenvalue weighted by Crippen LogP contribution is -2.15.